The van der Waals surface area contributed by atoms with Gasteiger partial charge in [0.1, 0.15) is 0 Å². The highest BCUT2D eigenvalue weighted by Crippen LogP contribution is 2.28. The number of rotatable bonds is 4. The van der Waals surface area contributed by atoms with Crippen LogP contribution in [-0.4, -0.2) is 59.4 Å². The van der Waals surface area contributed by atoms with Crippen molar-refractivity contribution in [1.82, 2.24) is 14.8 Å². The van der Waals surface area contributed by atoms with Crippen LogP contribution in [0.1, 0.15) is 48.3 Å². The van der Waals surface area contributed by atoms with Crippen LogP contribution in [0.3, 0.4) is 0 Å². The smallest absolute Gasteiger partial charge is 0.339 e. The number of likely N-dealkylation sites (tertiary alicyclic amines) is 1. The normalized spacial score (nSPS) is 17.9. The summed E-state index contributed by atoms with van der Waals surface area (Å²) in [6.07, 6.45) is 2.84. The van der Waals surface area contributed by atoms with Crippen LogP contribution in [0.25, 0.3) is 10.9 Å². The minimum Gasteiger partial charge on any atom is -0.452 e. The molecular weight excluding hydrogens is 366 g/mol. The number of esters is 1. The first-order valence-corrected chi connectivity index (χ1v) is 10.6. The lowest BCUT2D eigenvalue weighted by molar-refractivity contribution is -0.135. The summed E-state index contributed by atoms with van der Waals surface area (Å²) in [6.45, 7) is 8.17. The Morgan fingerprint density at radius 3 is 2.69 bits per heavy atom. The predicted octanol–water partition coefficient (Wildman–Crippen LogP) is 3.03. The van der Waals surface area contributed by atoms with Gasteiger partial charge in [-0.2, -0.15) is 0 Å². The molecular formula is C23H29N3O3. The molecule has 3 heterocycles. The first kappa shape index (κ1) is 19.8. The second kappa shape index (κ2) is 8.49. The number of fused-ring (bicyclic) bond motifs is 2. The van der Waals surface area contributed by atoms with E-state index in [1.54, 1.807) is 0 Å². The second-order valence-electron chi connectivity index (χ2n) is 8.19. The van der Waals surface area contributed by atoms with Crippen molar-refractivity contribution in [3.05, 3.63) is 41.1 Å². The number of benzene rings is 1. The molecule has 1 aromatic carbocycles. The van der Waals surface area contributed by atoms with Gasteiger partial charge in [0.15, 0.2) is 6.61 Å². The van der Waals surface area contributed by atoms with E-state index in [2.05, 4.69) is 18.7 Å². The lowest BCUT2D eigenvalue weighted by Gasteiger charge is -2.30. The summed E-state index contributed by atoms with van der Waals surface area (Å²) in [6, 6.07) is 7.68. The van der Waals surface area contributed by atoms with Crippen LogP contribution >= 0.6 is 0 Å². The molecule has 154 valence electrons. The minimum absolute atomic E-state index is 0.104. The van der Waals surface area contributed by atoms with Gasteiger partial charge in [0.2, 0.25) is 0 Å². The lowest BCUT2D eigenvalue weighted by Crippen LogP contribution is -2.40. The monoisotopic (exact) mass is 395 g/mol. The van der Waals surface area contributed by atoms with Crippen molar-refractivity contribution in [2.75, 3.05) is 32.8 Å². The van der Waals surface area contributed by atoms with Gasteiger partial charge in [-0.15, -0.1) is 0 Å². The fraction of sp³-hybridized carbons (Fsp3) is 0.522. The Labute approximate surface area is 171 Å². The molecule has 6 heteroatoms. The quantitative estimate of drug-likeness (QED) is 0.745. The van der Waals surface area contributed by atoms with E-state index in [9.17, 15) is 9.59 Å². The molecule has 0 radical (unpaired) electrons. The van der Waals surface area contributed by atoms with Gasteiger partial charge in [-0.25, -0.2) is 4.79 Å². The number of likely N-dealkylation sites (N-methyl/N-ethyl adjacent to an activating group) is 1. The van der Waals surface area contributed by atoms with Crippen LogP contribution < -0.4 is 0 Å². The maximum Gasteiger partial charge on any atom is 0.339 e. The van der Waals surface area contributed by atoms with Gasteiger partial charge in [-0.1, -0.05) is 32.0 Å². The summed E-state index contributed by atoms with van der Waals surface area (Å²) in [7, 11) is 0. The standard InChI is InChI=1S/C23H29N3O3/c1-3-25-11-10-20-18(14-25)22(17-6-4-5-7-19(17)24-20)23(28)29-15-21(27)26-12-8-16(2)9-13-26/h4-7,16H,3,8-15H2,1-2H3. The zero-order chi connectivity index (χ0) is 20.4. The molecule has 1 aromatic heterocycles. The zero-order valence-electron chi connectivity index (χ0n) is 17.3. The molecule has 29 heavy (non-hydrogen) atoms. The van der Waals surface area contributed by atoms with E-state index in [1.165, 1.54) is 0 Å². The van der Waals surface area contributed by atoms with Gasteiger partial charge in [0.05, 0.1) is 11.1 Å². The van der Waals surface area contributed by atoms with E-state index in [0.29, 0.717) is 18.0 Å². The topological polar surface area (TPSA) is 62.7 Å². The van der Waals surface area contributed by atoms with Gasteiger partial charge in [0, 0.05) is 49.2 Å². The molecule has 0 atom stereocenters. The highest BCUT2D eigenvalue weighted by atomic mass is 16.5. The fourth-order valence-corrected chi connectivity index (χ4v) is 4.30. The van der Waals surface area contributed by atoms with Crippen molar-refractivity contribution < 1.29 is 14.3 Å². The average Bonchev–Trinajstić information content (AvgIpc) is 2.75. The Kier molecular flexibility index (Phi) is 5.81. The Balaban J connectivity index is 1.57. The number of hydrogen-bond acceptors (Lipinski definition) is 5. The van der Waals surface area contributed by atoms with E-state index >= 15 is 0 Å². The first-order valence-electron chi connectivity index (χ1n) is 10.6. The number of carbonyl (C=O) groups is 2. The summed E-state index contributed by atoms with van der Waals surface area (Å²) in [5.41, 5.74) is 3.29. The van der Waals surface area contributed by atoms with Gasteiger partial charge in [-0.05, 0) is 31.4 Å². The summed E-state index contributed by atoms with van der Waals surface area (Å²) in [4.78, 5) is 34.6. The SMILES string of the molecule is CCN1CCc2nc3ccccc3c(C(=O)OCC(=O)N3CCC(C)CC3)c2C1. The van der Waals surface area contributed by atoms with Crippen molar-refractivity contribution in [3.8, 4) is 0 Å². The van der Waals surface area contributed by atoms with Crippen LogP contribution in [0.4, 0.5) is 0 Å². The van der Waals surface area contributed by atoms with Crippen LogP contribution in [0.15, 0.2) is 24.3 Å². The van der Waals surface area contributed by atoms with E-state index in [0.717, 1.165) is 67.6 Å². The highest BCUT2D eigenvalue weighted by molar-refractivity contribution is 6.05. The number of piperidine rings is 1. The molecule has 0 N–H and O–H groups in total. The molecule has 0 saturated carbocycles. The van der Waals surface area contributed by atoms with Crippen LogP contribution in [-0.2, 0) is 22.5 Å². The summed E-state index contributed by atoms with van der Waals surface area (Å²) in [5.74, 6) is 0.127. The molecule has 2 aromatic rings. The predicted molar refractivity (Wildman–Crippen MR) is 112 cm³/mol. The van der Waals surface area contributed by atoms with Crippen molar-refractivity contribution >= 4 is 22.8 Å². The largest absolute Gasteiger partial charge is 0.452 e. The third-order valence-electron chi connectivity index (χ3n) is 6.24. The van der Waals surface area contributed by atoms with Crippen molar-refractivity contribution in [2.24, 2.45) is 5.92 Å². The molecule has 1 saturated heterocycles. The Morgan fingerprint density at radius 1 is 1.17 bits per heavy atom. The molecule has 4 rings (SSSR count). The molecule has 1 amide bonds. The number of hydrogen-bond donors (Lipinski definition) is 0. The van der Waals surface area contributed by atoms with E-state index < -0.39 is 5.97 Å². The molecule has 2 aliphatic rings. The van der Waals surface area contributed by atoms with Gasteiger partial charge in [-0.3, -0.25) is 14.7 Å². The third-order valence-corrected chi connectivity index (χ3v) is 6.24. The number of nitrogens with zero attached hydrogens (tertiary/aromatic N) is 3. The van der Waals surface area contributed by atoms with Crippen LogP contribution in [0, 0.1) is 5.92 Å². The Bertz CT molecular complexity index is 919. The van der Waals surface area contributed by atoms with Gasteiger partial charge >= 0.3 is 5.97 Å². The minimum atomic E-state index is -0.420. The van der Waals surface area contributed by atoms with E-state index in [-0.39, 0.29) is 12.5 Å². The molecule has 0 unspecified atom stereocenters. The average molecular weight is 396 g/mol. The van der Waals surface area contributed by atoms with E-state index in [1.807, 2.05) is 29.2 Å². The number of para-hydroxylation sites is 1. The molecule has 0 bridgehead atoms. The van der Waals surface area contributed by atoms with E-state index in [4.69, 9.17) is 9.72 Å². The lowest BCUT2D eigenvalue weighted by atomic mass is 9.96. The van der Waals surface area contributed by atoms with Gasteiger partial charge < -0.3 is 9.64 Å². The molecule has 6 nitrogen and oxygen atoms in total. The number of ether oxygens (including phenoxy) is 1. The van der Waals surface area contributed by atoms with Crippen molar-refractivity contribution in [2.45, 2.75) is 39.7 Å². The molecule has 1 fully saturated rings. The number of pyridine rings is 1. The fourth-order valence-electron chi connectivity index (χ4n) is 4.30. The number of aromatic nitrogens is 1. The zero-order valence-corrected chi connectivity index (χ0v) is 17.3. The molecule has 0 aliphatic carbocycles. The molecule has 2 aliphatic heterocycles. The third kappa shape index (κ3) is 4.13. The maximum atomic E-state index is 13.1. The van der Waals surface area contributed by atoms with Crippen LogP contribution in [0.2, 0.25) is 0 Å². The summed E-state index contributed by atoms with van der Waals surface area (Å²) < 4.78 is 5.54. The van der Waals surface area contributed by atoms with Crippen molar-refractivity contribution in [3.63, 3.8) is 0 Å². The Hall–Kier alpha value is -2.47. The Morgan fingerprint density at radius 2 is 1.93 bits per heavy atom. The number of amides is 1. The maximum absolute atomic E-state index is 13.1. The first-order chi connectivity index (χ1) is 14.1. The van der Waals surface area contributed by atoms with Crippen molar-refractivity contribution in [1.29, 1.82) is 0 Å². The second-order valence-corrected chi connectivity index (χ2v) is 8.19. The van der Waals surface area contributed by atoms with Crippen LogP contribution in [0.5, 0.6) is 0 Å². The summed E-state index contributed by atoms with van der Waals surface area (Å²) in [5, 5.41) is 0.799. The molecule has 0 spiro atoms. The summed E-state index contributed by atoms with van der Waals surface area (Å²) >= 11 is 0. The highest BCUT2D eigenvalue weighted by Gasteiger charge is 2.27. The number of carbonyl (C=O) groups excluding carboxylic acids is 2. The van der Waals surface area contributed by atoms with Gasteiger partial charge in [0.25, 0.3) is 5.91 Å².